The first-order valence-electron chi connectivity index (χ1n) is 22.5. The number of hydrogen-bond acceptors (Lipinski definition) is 14. The van der Waals surface area contributed by atoms with Gasteiger partial charge in [-0.15, -0.1) is 0 Å². The van der Waals surface area contributed by atoms with E-state index in [-0.39, 0.29) is 130 Å². The summed E-state index contributed by atoms with van der Waals surface area (Å²) >= 11 is 2.15. The van der Waals surface area contributed by atoms with Crippen LogP contribution in [0.15, 0.2) is 24.3 Å². The molecule has 0 radical (unpaired) electrons. The van der Waals surface area contributed by atoms with E-state index in [0.29, 0.717) is 19.3 Å². The van der Waals surface area contributed by atoms with Crippen LogP contribution in [0, 0.1) is 3.57 Å². The van der Waals surface area contributed by atoms with Crippen molar-refractivity contribution in [3.8, 4) is 0 Å². The molecule has 0 aromatic heterocycles. The molecule has 386 valence electrons. The van der Waals surface area contributed by atoms with Crippen LogP contribution in [-0.4, -0.2) is 223 Å². The van der Waals surface area contributed by atoms with Gasteiger partial charge in [-0.2, -0.15) is 0 Å². The minimum Gasteiger partial charge on any atom is -0.481 e. The third-order valence-electron chi connectivity index (χ3n) is 11.1. The maximum Gasteiger partial charge on any atom is 0.326 e. The molecule has 25 nitrogen and oxygen atoms in total. The summed E-state index contributed by atoms with van der Waals surface area (Å²) < 4.78 is 0.985. The number of amides is 4. The SMILES string of the molecule is O=C(O)CCC(NC(=O)N[C@@H](CCCCN(Cc1ccc(I)cc1)C(=O)CCCCNC(=O)CCC(C(=O)O)N1CCN(CC(=O)O)CCN(CC(=O)O)CCN(CC(=O)O)CC1)C(=O)O)C(=O)O. The lowest BCUT2D eigenvalue weighted by Crippen LogP contribution is -2.52. The fourth-order valence-corrected chi connectivity index (χ4v) is 7.77. The van der Waals surface area contributed by atoms with E-state index >= 15 is 0 Å². The summed E-state index contributed by atoms with van der Waals surface area (Å²) in [5, 5.41) is 73.6. The molecule has 0 bridgehead atoms. The summed E-state index contributed by atoms with van der Waals surface area (Å²) in [5.41, 5.74) is 0.848. The predicted octanol–water partition coefficient (Wildman–Crippen LogP) is -0.144. The van der Waals surface area contributed by atoms with Crippen molar-refractivity contribution in [2.75, 3.05) is 85.1 Å². The van der Waals surface area contributed by atoms with Crippen LogP contribution in [0.25, 0.3) is 0 Å². The number of hydrogen-bond donors (Lipinski definition) is 10. The van der Waals surface area contributed by atoms with Gasteiger partial charge in [0.05, 0.1) is 19.6 Å². The average molecular weight is 1090 g/mol. The summed E-state index contributed by atoms with van der Waals surface area (Å²) in [6, 6.07) is 2.29. The number of halogens is 1. The largest absolute Gasteiger partial charge is 0.481 e. The zero-order valence-electron chi connectivity index (χ0n) is 38.3. The third-order valence-corrected chi connectivity index (χ3v) is 11.8. The number of nitrogens with one attached hydrogen (secondary N) is 3. The smallest absolute Gasteiger partial charge is 0.326 e. The van der Waals surface area contributed by atoms with E-state index in [4.69, 9.17) is 5.11 Å². The lowest BCUT2D eigenvalue weighted by atomic mass is 10.1. The first kappa shape index (κ1) is 59.4. The van der Waals surface area contributed by atoms with Crippen LogP contribution >= 0.6 is 22.6 Å². The number of carboxylic acids is 7. The van der Waals surface area contributed by atoms with E-state index in [0.717, 1.165) is 9.13 Å². The number of carbonyl (C=O) groups is 10. The Kier molecular flexibility index (Phi) is 27.7. The van der Waals surface area contributed by atoms with Gasteiger partial charge >= 0.3 is 47.8 Å². The molecule has 1 fully saturated rings. The average Bonchev–Trinajstić information content (AvgIpc) is 3.25. The van der Waals surface area contributed by atoms with Crippen LogP contribution in [0.3, 0.4) is 0 Å². The number of carboxylic acid groups (broad SMARTS) is 7. The molecular formula is C43H65IN8O17. The molecule has 26 heteroatoms. The van der Waals surface area contributed by atoms with Crippen LogP contribution in [0.1, 0.15) is 69.8 Å². The van der Waals surface area contributed by atoms with Crippen molar-refractivity contribution in [2.45, 2.75) is 88.9 Å². The monoisotopic (exact) mass is 1090 g/mol. The van der Waals surface area contributed by atoms with Crippen LogP contribution in [0.2, 0.25) is 0 Å². The van der Waals surface area contributed by atoms with Gasteiger partial charge in [0, 0.05) is 94.8 Å². The highest BCUT2D eigenvalue weighted by Crippen LogP contribution is 2.15. The molecule has 0 aliphatic carbocycles. The van der Waals surface area contributed by atoms with Crippen molar-refractivity contribution in [3.05, 3.63) is 33.4 Å². The number of nitrogens with zero attached hydrogens (tertiary/aromatic N) is 5. The molecule has 1 aliphatic heterocycles. The molecule has 10 N–H and O–H groups in total. The molecule has 0 spiro atoms. The molecule has 0 saturated carbocycles. The molecule has 3 atom stereocenters. The third kappa shape index (κ3) is 26.0. The van der Waals surface area contributed by atoms with E-state index < -0.39 is 84.7 Å². The number of carbonyl (C=O) groups excluding carboxylic acids is 3. The Labute approximate surface area is 412 Å². The van der Waals surface area contributed by atoms with E-state index in [1.807, 2.05) is 24.3 Å². The highest BCUT2D eigenvalue weighted by molar-refractivity contribution is 14.1. The van der Waals surface area contributed by atoms with Crippen molar-refractivity contribution < 1.29 is 83.7 Å². The minimum absolute atomic E-state index is 0.0561. The van der Waals surface area contributed by atoms with Gasteiger partial charge in [0.2, 0.25) is 11.8 Å². The Morgan fingerprint density at radius 2 is 1.04 bits per heavy atom. The molecule has 4 amide bonds. The van der Waals surface area contributed by atoms with Crippen molar-refractivity contribution in [1.82, 2.24) is 40.4 Å². The molecule has 1 aromatic carbocycles. The van der Waals surface area contributed by atoms with Gasteiger partial charge in [-0.05, 0) is 85.2 Å². The number of urea groups is 1. The summed E-state index contributed by atoms with van der Waals surface area (Å²) in [4.78, 5) is 128. The Balaban J connectivity index is 1.99. The molecular weight excluding hydrogens is 1030 g/mol. The first-order chi connectivity index (χ1) is 32.6. The standard InChI is InChI=1S/C43H65IN8O17/c44-30-9-7-29(8-10-30)25-52(16-4-2-5-31(40(63)64)46-43(69)47-32(41(65)66)11-14-36(55)56)35(54)6-1-3-15-45-34(53)13-12-33(42(67)68)51-23-21-49(27-38(59)60)19-17-48(26-37(57)58)18-20-50(22-24-51)28-39(61)62/h7-10,31-33H,1-6,11-28H2,(H,45,53)(H,55,56)(H,57,58)(H,59,60)(H,61,62)(H,63,64)(H,65,66)(H,67,68)(H2,46,47,69)/t31-,32?,33?/m0/s1. The van der Waals surface area contributed by atoms with Gasteiger partial charge in [0.15, 0.2) is 0 Å². The molecule has 1 saturated heterocycles. The quantitative estimate of drug-likeness (QED) is 0.0354. The number of unbranched alkanes of at least 4 members (excludes halogenated alkanes) is 2. The second-order valence-corrected chi connectivity index (χ2v) is 17.8. The minimum atomic E-state index is -1.55. The fraction of sp³-hybridized carbons (Fsp3) is 0.628. The van der Waals surface area contributed by atoms with Crippen LogP contribution in [0.5, 0.6) is 0 Å². The Morgan fingerprint density at radius 3 is 1.51 bits per heavy atom. The normalized spacial score (nSPS) is 15.8. The second kappa shape index (κ2) is 32.2. The number of benzene rings is 1. The van der Waals surface area contributed by atoms with E-state index in [1.165, 1.54) is 0 Å². The molecule has 1 aromatic rings. The van der Waals surface area contributed by atoms with E-state index in [2.05, 4.69) is 38.5 Å². The number of aliphatic carboxylic acids is 7. The van der Waals surface area contributed by atoms with Gasteiger partial charge < -0.3 is 56.6 Å². The lowest BCUT2D eigenvalue weighted by Gasteiger charge is -2.35. The van der Waals surface area contributed by atoms with Crippen LogP contribution in [-0.2, 0) is 49.7 Å². The molecule has 69 heavy (non-hydrogen) atoms. The maximum absolute atomic E-state index is 13.5. The van der Waals surface area contributed by atoms with Crippen molar-refractivity contribution in [1.29, 1.82) is 0 Å². The maximum atomic E-state index is 13.5. The summed E-state index contributed by atoms with van der Waals surface area (Å²) in [6.07, 6.45) is 0.189. The molecule has 1 heterocycles. The number of rotatable bonds is 30. The zero-order valence-corrected chi connectivity index (χ0v) is 40.5. The molecule has 2 rings (SSSR count). The van der Waals surface area contributed by atoms with Crippen LogP contribution in [0.4, 0.5) is 4.79 Å². The summed E-state index contributed by atoms with van der Waals surface area (Å²) in [6.45, 7) is 0.549. The van der Waals surface area contributed by atoms with Crippen molar-refractivity contribution in [2.24, 2.45) is 0 Å². The van der Waals surface area contributed by atoms with Gasteiger partial charge in [-0.1, -0.05) is 12.1 Å². The topological polar surface area (TPSA) is 365 Å². The highest BCUT2D eigenvalue weighted by atomic mass is 127. The summed E-state index contributed by atoms with van der Waals surface area (Å²) in [5.74, 6) is -9.36. The Bertz CT molecular complexity index is 1860. The lowest BCUT2D eigenvalue weighted by molar-refractivity contribution is -0.145. The predicted molar refractivity (Wildman–Crippen MR) is 251 cm³/mol. The van der Waals surface area contributed by atoms with Gasteiger partial charge in [0.25, 0.3) is 0 Å². The van der Waals surface area contributed by atoms with Gasteiger partial charge in [-0.3, -0.25) is 53.2 Å². The molecule has 2 unspecified atom stereocenters. The molecule has 1 aliphatic rings. The highest BCUT2D eigenvalue weighted by Gasteiger charge is 2.29. The Hall–Kier alpha value is -5.71. The Morgan fingerprint density at radius 1 is 0.551 bits per heavy atom. The fourth-order valence-electron chi connectivity index (χ4n) is 7.41. The van der Waals surface area contributed by atoms with Crippen LogP contribution < -0.4 is 16.0 Å². The van der Waals surface area contributed by atoms with Gasteiger partial charge in [-0.25, -0.2) is 14.4 Å². The second-order valence-electron chi connectivity index (χ2n) is 16.5. The zero-order chi connectivity index (χ0) is 51.5. The first-order valence-corrected chi connectivity index (χ1v) is 23.5. The van der Waals surface area contributed by atoms with E-state index in [1.54, 1.807) is 24.5 Å². The van der Waals surface area contributed by atoms with Crippen molar-refractivity contribution in [3.63, 3.8) is 0 Å². The van der Waals surface area contributed by atoms with E-state index in [9.17, 15) is 78.6 Å². The van der Waals surface area contributed by atoms with Crippen molar-refractivity contribution >= 4 is 82.2 Å². The van der Waals surface area contributed by atoms with Gasteiger partial charge in [0.1, 0.15) is 18.1 Å². The summed E-state index contributed by atoms with van der Waals surface area (Å²) in [7, 11) is 0.